The second-order valence-corrected chi connectivity index (χ2v) is 5.44. The summed E-state index contributed by atoms with van der Waals surface area (Å²) >= 11 is 0.948. The van der Waals surface area contributed by atoms with E-state index in [1.807, 2.05) is 0 Å². The molecule has 1 unspecified atom stereocenters. The molecule has 0 spiro atoms. The summed E-state index contributed by atoms with van der Waals surface area (Å²) in [6, 6.07) is -0.737. The molecule has 8 nitrogen and oxygen atoms in total. The number of anilines is 1. The van der Waals surface area contributed by atoms with E-state index in [9.17, 15) is 19.2 Å². The fraction of sp³-hybridized carbons (Fsp3) is 0.417. The van der Waals surface area contributed by atoms with Gasteiger partial charge in [0.15, 0.2) is 16.6 Å². The first-order valence-electron chi connectivity index (χ1n) is 6.02. The Morgan fingerprint density at radius 3 is 2.57 bits per heavy atom. The van der Waals surface area contributed by atoms with Crippen molar-refractivity contribution in [1.82, 2.24) is 9.88 Å². The van der Waals surface area contributed by atoms with Gasteiger partial charge in [-0.15, -0.1) is 0 Å². The topological polar surface area (TPSA) is 106 Å². The second-order valence-electron chi connectivity index (χ2n) is 4.44. The van der Waals surface area contributed by atoms with Gasteiger partial charge in [-0.25, -0.2) is 9.78 Å². The summed E-state index contributed by atoms with van der Waals surface area (Å²) in [4.78, 5) is 51.5. The van der Waals surface area contributed by atoms with Crippen molar-refractivity contribution in [3.05, 3.63) is 10.6 Å². The van der Waals surface area contributed by atoms with Crippen molar-refractivity contribution in [3.63, 3.8) is 0 Å². The number of carbonyl (C=O) groups excluding carboxylic acids is 4. The van der Waals surface area contributed by atoms with E-state index in [2.05, 4.69) is 15.0 Å². The number of aromatic nitrogens is 1. The van der Waals surface area contributed by atoms with Crippen molar-refractivity contribution in [2.45, 2.75) is 19.4 Å². The number of hydrogen-bond donors (Lipinski definition) is 1. The van der Waals surface area contributed by atoms with E-state index in [1.54, 1.807) is 0 Å². The van der Waals surface area contributed by atoms with Gasteiger partial charge in [0.1, 0.15) is 10.9 Å². The number of ether oxygens (including phenoxy) is 1. The van der Waals surface area contributed by atoms with Crippen LogP contribution in [0.3, 0.4) is 0 Å². The summed E-state index contributed by atoms with van der Waals surface area (Å²) in [6.07, 6.45) is 0.0118. The lowest BCUT2D eigenvalue weighted by molar-refractivity contribution is -0.136. The number of Topliss-reactive ketones (excluding diaryl/α,β-unsaturated/α-hetero) is 1. The lowest BCUT2D eigenvalue weighted by Gasteiger charge is -2.09. The van der Waals surface area contributed by atoms with Crippen LogP contribution in [-0.2, 0) is 14.3 Å². The molecule has 1 aromatic heterocycles. The van der Waals surface area contributed by atoms with Gasteiger partial charge in [0.05, 0.1) is 13.5 Å². The van der Waals surface area contributed by atoms with Crippen LogP contribution in [0.1, 0.15) is 33.5 Å². The summed E-state index contributed by atoms with van der Waals surface area (Å²) in [5, 5.41) is 3.01. The van der Waals surface area contributed by atoms with Crippen LogP contribution in [0.2, 0.25) is 0 Å². The number of amides is 2. The minimum atomic E-state index is -0.737. The van der Waals surface area contributed by atoms with Gasteiger partial charge in [-0.05, 0) is 0 Å². The SMILES string of the molecule is COC(=O)c1nc(NC2CC(=O)N(C)C2=O)sc1C(C)=O. The molecule has 1 aromatic rings. The van der Waals surface area contributed by atoms with Crippen LogP contribution in [0, 0.1) is 0 Å². The first-order chi connectivity index (χ1) is 9.85. The largest absolute Gasteiger partial charge is 0.464 e. The maximum atomic E-state index is 11.8. The van der Waals surface area contributed by atoms with Crippen molar-refractivity contribution >= 4 is 40.0 Å². The first kappa shape index (κ1) is 15.1. The number of carbonyl (C=O) groups is 4. The number of imide groups is 1. The molecule has 112 valence electrons. The summed E-state index contributed by atoms with van der Waals surface area (Å²) in [5.74, 6) is -1.73. The van der Waals surface area contributed by atoms with Crippen LogP contribution in [0.25, 0.3) is 0 Å². The standard InChI is InChI=1S/C12H13N3O5S/c1-5(16)9-8(11(19)20-3)14-12(21-9)13-6-4-7(17)15(2)10(6)18/h6H,4H2,1-3H3,(H,13,14). The van der Waals surface area contributed by atoms with E-state index < -0.39 is 12.0 Å². The van der Waals surface area contributed by atoms with Gasteiger partial charge in [-0.3, -0.25) is 19.3 Å². The number of rotatable bonds is 4. The van der Waals surface area contributed by atoms with E-state index in [-0.39, 0.29) is 39.7 Å². The van der Waals surface area contributed by atoms with Crippen molar-refractivity contribution in [2.24, 2.45) is 0 Å². The number of esters is 1. The lowest BCUT2D eigenvalue weighted by atomic mass is 10.2. The molecule has 21 heavy (non-hydrogen) atoms. The van der Waals surface area contributed by atoms with Gasteiger partial charge in [0.25, 0.3) is 5.91 Å². The quantitative estimate of drug-likeness (QED) is 0.484. The molecule has 2 heterocycles. The Labute approximate surface area is 124 Å². The van der Waals surface area contributed by atoms with Crippen LogP contribution in [0.4, 0.5) is 5.13 Å². The molecule has 0 saturated carbocycles. The molecular weight excluding hydrogens is 298 g/mol. The fourth-order valence-corrected chi connectivity index (χ4v) is 2.77. The van der Waals surface area contributed by atoms with Crippen LogP contribution in [0.15, 0.2) is 0 Å². The maximum Gasteiger partial charge on any atom is 0.358 e. The predicted molar refractivity (Wildman–Crippen MR) is 73.3 cm³/mol. The Balaban J connectivity index is 2.26. The second kappa shape index (κ2) is 5.60. The molecule has 0 aliphatic carbocycles. The molecule has 2 rings (SSSR count). The molecule has 1 aliphatic rings. The van der Waals surface area contributed by atoms with E-state index in [4.69, 9.17) is 0 Å². The Kier molecular flexibility index (Phi) is 4.03. The Hall–Kier alpha value is -2.29. The van der Waals surface area contributed by atoms with Gasteiger partial charge in [-0.2, -0.15) is 0 Å². The predicted octanol–water partition coefficient (Wildman–Crippen LogP) is 0.302. The highest BCUT2D eigenvalue weighted by molar-refractivity contribution is 7.17. The molecule has 1 atom stereocenters. The summed E-state index contributed by atoms with van der Waals surface area (Å²) < 4.78 is 4.56. The van der Waals surface area contributed by atoms with E-state index in [0.29, 0.717) is 0 Å². The number of likely N-dealkylation sites (N-methyl/N-ethyl adjacent to an activating group) is 1. The van der Waals surface area contributed by atoms with Gasteiger partial charge in [0.2, 0.25) is 5.91 Å². The van der Waals surface area contributed by atoms with Gasteiger partial charge in [-0.1, -0.05) is 11.3 Å². The molecule has 2 amide bonds. The van der Waals surface area contributed by atoms with Crippen LogP contribution < -0.4 is 5.32 Å². The maximum absolute atomic E-state index is 11.8. The lowest BCUT2D eigenvalue weighted by Crippen LogP contribution is -2.31. The molecule has 0 radical (unpaired) electrons. The number of ketones is 1. The Morgan fingerprint density at radius 2 is 2.10 bits per heavy atom. The van der Waals surface area contributed by atoms with E-state index in [1.165, 1.54) is 21.1 Å². The molecule has 1 fully saturated rings. The summed E-state index contributed by atoms with van der Waals surface area (Å²) in [5.41, 5.74) is -0.0948. The zero-order valence-corrected chi connectivity index (χ0v) is 12.4. The molecule has 1 saturated heterocycles. The van der Waals surface area contributed by atoms with Gasteiger partial charge >= 0.3 is 5.97 Å². The van der Waals surface area contributed by atoms with Crippen LogP contribution in [-0.4, -0.2) is 53.7 Å². The molecule has 9 heteroatoms. The third-order valence-electron chi connectivity index (χ3n) is 3.00. The molecule has 1 N–H and O–H groups in total. The summed E-state index contributed by atoms with van der Waals surface area (Å²) in [7, 11) is 2.59. The minimum absolute atomic E-state index is 0.0118. The Morgan fingerprint density at radius 1 is 1.43 bits per heavy atom. The number of methoxy groups -OCH3 is 1. The fourth-order valence-electron chi connectivity index (χ4n) is 1.87. The van der Waals surface area contributed by atoms with Crippen LogP contribution in [0.5, 0.6) is 0 Å². The highest BCUT2D eigenvalue weighted by Crippen LogP contribution is 2.26. The monoisotopic (exact) mass is 311 g/mol. The molecular formula is C12H13N3O5S. The van der Waals surface area contributed by atoms with E-state index in [0.717, 1.165) is 16.2 Å². The third kappa shape index (κ3) is 2.77. The summed E-state index contributed by atoms with van der Waals surface area (Å²) in [6.45, 7) is 1.31. The number of hydrogen-bond acceptors (Lipinski definition) is 8. The van der Waals surface area contributed by atoms with Crippen molar-refractivity contribution in [2.75, 3.05) is 19.5 Å². The van der Waals surface area contributed by atoms with Crippen molar-refractivity contribution in [1.29, 1.82) is 0 Å². The normalized spacial score (nSPS) is 18.0. The minimum Gasteiger partial charge on any atom is -0.464 e. The molecule has 0 aromatic carbocycles. The third-order valence-corrected chi connectivity index (χ3v) is 4.09. The Bertz CT molecular complexity index is 639. The number of nitrogens with zero attached hydrogens (tertiary/aromatic N) is 2. The van der Waals surface area contributed by atoms with Crippen molar-refractivity contribution in [3.8, 4) is 0 Å². The van der Waals surface area contributed by atoms with Crippen LogP contribution >= 0.6 is 11.3 Å². The number of thiazole rings is 1. The van der Waals surface area contributed by atoms with Gasteiger partial charge < -0.3 is 10.1 Å². The van der Waals surface area contributed by atoms with Crippen molar-refractivity contribution < 1.29 is 23.9 Å². The smallest absolute Gasteiger partial charge is 0.358 e. The average molecular weight is 311 g/mol. The zero-order chi connectivity index (χ0) is 15.7. The molecule has 0 bridgehead atoms. The number of likely N-dealkylation sites (tertiary alicyclic amines) is 1. The molecule has 1 aliphatic heterocycles. The zero-order valence-electron chi connectivity index (χ0n) is 11.6. The highest BCUT2D eigenvalue weighted by atomic mass is 32.1. The highest BCUT2D eigenvalue weighted by Gasteiger charge is 2.37. The number of nitrogens with one attached hydrogen (secondary N) is 1. The van der Waals surface area contributed by atoms with E-state index >= 15 is 0 Å². The van der Waals surface area contributed by atoms with Gasteiger partial charge in [0, 0.05) is 14.0 Å². The first-order valence-corrected chi connectivity index (χ1v) is 6.83. The average Bonchev–Trinajstić information content (AvgIpc) is 2.96.